The quantitative estimate of drug-likeness (QED) is 0.532. The summed E-state index contributed by atoms with van der Waals surface area (Å²) in [5.74, 6) is 7.60. The summed E-state index contributed by atoms with van der Waals surface area (Å²) in [5.41, 5.74) is -0.194. The lowest BCUT2D eigenvalue weighted by Gasteiger charge is -2.07. The van der Waals surface area contributed by atoms with Gasteiger partial charge in [-0.15, -0.1) is 0 Å². The third-order valence-corrected chi connectivity index (χ3v) is 3.56. The van der Waals surface area contributed by atoms with Gasteiger partial charge in [0.25, 0.3) is 0 Å². The molecule has 2 nitrogen and oxygen atoms in total. The van der Waals surface area contributed by atoms with Crippen molar-refractivity contribution in [2.75, 3.05) is 6.61 Å². The highest BCUT2D eigenvalue weighted by Gasteiger charge is 2.29. The minimum absolute atomic E-state index is 0.125. The molecule has 0 fully saturated rings. The highest BCUT2D eigenvalue weighted by atomic mass is 19.4. The van der Waals surface area contributed by atoms with Crippen LogP contribution in [0.15, 0.2) is 78.9 Å². The third kappa shape index (κ3) is 5.55. The van der Waals surface area contributed by atoms with Gasteiger partial charge in [-0.05, 0) is 60.7 Å². The van der Waals surface area contributed by atoms with E-state index in [0.717, 1.165) is 17.9 Å². The van der Waals surface area contributed by atoms with E-state index in [4.69, 9.17) is 9.47 Å². The molecule has 0 atom stereocenters. The van der Waals surface area contributed by atoms with Crippen LogP contribution >= 0.6 is 0 Å². The van der Waals surface area contributed by atoms with Gasteiger partial charge in [0.15, 0.2) is 0 Å². The Morgan fingerprint density at radius 2 is 1.30 bits per heavy atom. The van der Waals surface area contributed by atoms with Gasteiger partial charge in [0.05, 0.1) is 5.56 Å². The van der Waals surface area contributed by atoms with Crippen molar-refractivity contribution in [3.8, 4) is 29.1 Å². The predicted octanol–water partition coefficient (Wildman–Crippen LogP) is 5.93. The molecule has 0 aliphatic rings. The fourth-order valence-electron chi connectivity index (χ4n) is 2.23. The maximum Gasteiger partial charge on any atom is 0.416 e. The zero-order chi connectivity index (χ0) is 19.1. The van der Waals surface area contributed by atoms with Crippen LogP contribution in [-0.2, 0) is 6.18 Å². The monoisotopic (exact) mass is 368 g/mol. The van der Waals surface area contributed by atoms with Crippen molar-refractivity contribution in [1.29, 1.82) is 0 Å². The second-order valence-electron chi connectivity index (χ2n) is 5.55. The molecule has 5 heteroatoms. The first-order valence-electron chi connectivity index (χ1n) is 8.12. The lowest BCUT2D eigenvalue weighted by molar-refractivity contribution is -0.137. The molecular formula is C22H15F3O2. The van der Waals surface area contributed by atoms with Crippen LogP contribution in [-0.4, -0.2) is 6.61 Å². The van der Waals surface area contributed by atoms with Crippen molar-refractivity contribution in [2.45, 2.75) is 6.18 Å². The number of hydrogen-bond donors (Lipinski definition) is 0. The molecule has 0 radical (unpaired) electrons. The van der Waals surface area contributed by atoms with Crippen molar-refractivity contribution in [3.05, 3.63) is 90.0 Å². The molecule has 0 aliphatic carbocycles. The maximum atomic E-state index is 12.5. The summed E-state index contributed by atoms with van der Waals surface area (Å²) >= 11 is 0. The van der Waals surface area contributed by atoms with Gasteiger partial charge >= 0.3 is 6.18 Å². The number of para-hydroxylation sites is 1. The Morgan fingerprint density at radius 1 is 0.704 bits per heavy atom. The molecule has 27 heavy (non-hydrogen) atoms. The molecular weight excluding hydrogens is 353 g/mol. The summed E-state index contributed by atoms with van der Waals surface area (Å²) in [6.45, 7) is 0.125. The molecule has 136 valence electrons. The van der Waals surface area contributed by atoms with Crippen LogP contribution in [0.5, 0.6) is 17.2 Å². The molecule has 0 N–H and O–H groups in total. The zero-order valence-corrected chi connectivity index (χ0v) is 14.2. The number of benzene rings is 3. The van der Waals surface area contributed by atoms with Crippen LogP contribution in [0.4, 0.5) is 13.2 Å². The third-order valence-electron chi connectivity index (χ3n) is 3.56. The molecule has 3 rings (SSSR count). The van der Waals surface area contributed by atoms with Gasteiger partial charge in [0, 0.05) is 5.56 Å². The molecule has 0 amide bonds. The van der Waals surface area contributed by atoms with Crippen molar-refractivity contribution in [3.63, 3.8) is 0 Å². The first kappa shape index (κ1) is 18.4. The van der Waals surface area contributed by atoms with E-state index in [1.807, 2.05) is 30.3 Å². The van der Waals surface area contributed by atoms with E-state index in [1.54, 1.807) is 24.3 Å². The SMILES string of the molecule is FC(F)(F)c1ccc(C#CCOc2ccc(Oc3ccccc3)cc2)cc1. The van der Waals surface area contributed by atoms with Crippen LogP contribution in [0.3, 0.4) is 0 Å². The van der Waals surface area contributed by atoms with E-state index in [-0.39, 0.29) is 6.61 Å². The van der Waals surface area contributed by atoms with Crippen LogP contribution in [0.2, 0.25) is 0 Å². The van der Waals surface area contributed by atoms with Gasteiger partial charge in [0.2, 0.25) is 0 Å². The van der Waals surface area contributed by atoms with Crippen molar-refractivity contribution in [2.24, 2.45) is 0 Å². The number of alkyl halides is 3. The average molecular weight is 368 g/mol. The van der Waals surface area contributed by atoms with Crippen LogP contribution < -0.4 is 9.47 Å². The van der Waals surface area contributed by atoms with Crippen molar-refractivity contribution >= 4 is 0 Å². The first-order valence-corrected chi connectivity index (χ1v) is 8.12. The van der Waals surface area contributed by atoms with E-state index in [9.17, 15) is 13.2 Å². The maximum absolute atomic E-state index is 12.5. The Balaban J connectivity index is 1.51. The summed E-state index contributed by atoms with van der Waals surface area (Å²) in [4.78, 5) is 0. The number of ether oxygens (including phenoxy) is 2. The predicted molar refractivity (Wildman–Crippen MR) is 96.8 cm³/mol. The lowest BCUT2D eigenvalue weighted by atomic mass is 10.1. The Kier molecular flexibility index (Phi) is 5.68. The number of halogens is 3. The highest BCUT2D eigenvalue weighted by Crippen LogP contribution is 2.29. The number of hydrogen-bond acceptors (Lipinski definition) is 2. The van der Waals surface area contributed by atoms with Gasteiger partial charge < -0.3 is 9.47 Å². The Morgan fingerprint density at radius 3 is 1.93 bits per heavy atom. The smallest absolute Gasteiger partial charge is 0.416 e. The Labute approximate surface area is 155 Å². The second-order valence-corrected chi connectivity index (χ2v) is 5.55. The number of rotatable bonds is 4. The molecule has 0 aromatic heterocycles. The summed E-state index contributed by atoms with van der Waals surface area (Å²) in [7, 11) is 0. The Bertz CT molecular complexity index is 920. The van der Waals surface area contributed by atoms with Gasteiger partial charge in [-0.2, -0.15) is 13.2 Å². The standard InChI is InChI=1S/C22H15F3O2/c23-22(24,25)18-10-8-17(9-11-18)5-4-16-26-19-12-14-21(15-13-19)27-20-6-2-1-3-7-20/h1-3,6-15H,16H2. The van der Waals surface area contributed by atoms with E-state index >= 15 is 0 Å². The minimum atomic E-state index is -4.34. The molecule has 0 unspecified atom stereocenters. The van der Waals surface area contributed by atoms with Gasteiger partial charge in [-0.3, -0.25) is 0 Å². The summed E-state index contributed by atoms with van der Waals surface area (Å²) in [6, 6.07) is 21.2. The summed E-state index contributed by atoms with van der Waals surface area (Å²) in [5, 5.41) is 0. The molecule has 3 aromatic carbocycles. The molecule has 3 aromatic rings. The molecule has 0 spiro atoms. The van der Waals surface area contributed by atoms with Crippen LogP contribution in [0.25, 0.3) is 0 Å². The van der Waals surface area contributed by atoms with Crippen LogP contribution in [0, 0.1) is 11.8 Å². The average Bonchev–Trinajstić information content (AvgIpc) is 2.67. The van der Waals surface area contributed by atoms with Crippen molar-refractivity contribution < 1.29 is 22.6 Å². The fourth-order valence-corrected chi connectivity index (χ4v) is 2.23. The molecule has 0 saturated heterocycles. The van der Waals surface area contributed by atoms with Gasteiger partial charge in [0.1, 0.15) is 23.9 Å². The highest BCUT2D eigenvalue weighted by molar-refractivity contribution is 5.38. The molecule has 0 heterocycles. The van der Waals surface area contributed by atoms with Crippen LogP contribution in [0.1, 0.15) is 11.1 Å². The fraction of sp³-hybridized carbons (Fsp3) is 0.0909. The summed E-state index contributed by atoms with van der Waals surface area (Å²) in [6.07, 6.45) is -4.34. The minimum Gasteiger partial charge on any atom is -0.481 e. The largest absolute Gasteiger partial charge is 0.481 e. The van der Waals surface area contributed by atoms with E-state index in [0.29, 0.717) is 17.1 Å². The summed E-state index contributed by atoms with van der Waals surface area (Å²) < 4.78 is 48.7. The normalized spacial score (nSPS) is 10.6. The lowest BCUT2D eigenvalue weighted by Crippen LogP contribution is -2.04. The van der Waals surface area contributed by atoms with Gasteiger partial charge in [-0.25, -0.2) is 0 Å². The molecule has 0 aliphatic heterocycles. The Hall–Kier alpha value is -3.39. The topological polar surface area (TPSA) is 18.5 Å². The molecule has 0 bridgehead atoms. The van der Waals surface area contributed by atoms with E-state index in [1.165, 1.54) is 12.1 Å². The molecule has 0 saturated carbocycles. The second kappa shape index (κ2) is 8.33. The van der Waals surface area contributed by atoms with Gasteiger partial charge in [-0.1, -0.05) is 30.0 Å². The van der Waals surface area contributed by atoms with E-state index < -0.39 is 11.7 Å². The first-order chi connectivity index (χ1) is 13.0. The van der Waals surface area contributed by atoms with E-state index in [2.05, 4.69) is 11.8 Å². The van der Waals surface area contributed by atoms with Crippen molar-refractivity contribution in [1.82, 2.24) is 0 Å². The zero-order valence-electron chi connectivity index (χ0n) is 14.2.